The standard InChI is InChI=1S/C18H16BrClN2O4/c19-13-3-1-12(2-4-13)18(24)22-10-16(23)21-9-11-7-14(20)17-15(8-11)25-5-6-26-17/h1-4,7-8H,5-6,9-10H2,(H,21,23)(H,22,24). The van der Waals surface area contributed by atoms with E-state index in [1.807, 2.05) is 0 Å². The zero-order valence-corrected chi connectivity index (χ0v) is 16.0. The number of hydrogen-bond acceptors (Lipinski definition) is 4. The molecule has 0 bridgehead atoms. The third-order valence-corrected chi connectivity index (χ3v) is 4.47. The zero-order chi connectivity index (χ0) is 18.5. The Kier molecular flexibility index (Phi) is 6.00. The quantitative estimate of drug-likeness (QED) is 0.751. The van der Waals surface area contributed by atoms with Crippen molar-refractivity contribution >= 4 is 39.3 Å². The average Bonchev–Trinajstić information content (AvgIpc) is 2.65. The molecule has 136 valence electrons. The van der Waals surface area contributed by atoms with Gasteiger partial charge in [0.25, 0.3) is 5.91 Å². The summed E-state index contributed by atoms with van der Waals surface area (Å²) < 4.78 is 11.8. The van der Waals surface area contributed by atoms with Gasteiger partial charge in [-0.1, -0.05) is 27.5 Å². The minimum atomic E-state index is -0.310. The first-order chi connectivity index (χ1) is 12.5. The van der Waals surface area contributed by atoms with Crippen molar-refractivity contribution in [3.05, 3.63) is 57.0 Å². The Morgan fingerprint density at radius 3 is 2.58 bits per heavy atom. The zero-order valence-electron chi connectivity index (χ0n) is 13.7. The molecule has 1 aliphatic rings. The van der Waals surface area contributed by atoms with Gasteiger partial charge >= 0.3 is 0 Å². The molecule has 0 saturated carbocycles. The van der Waals surface area contributed by atoms with Gasteiger partial charge in [-0.2, -0.15) is 0 Å². The molecule has 0 spiro atoms. The highest BCUT2D eigenvalue weighted by Gasteiger charge is 2.17. The molecule has 0 aliphatic carbocycles. The molecule has 0 unspecified atom stereocenters. The fourth-order valence-electron chi connectivity index (χ4n) is 2.39. The number of hydrogen-bond donors (Lipinski definition) is 2. The predicted octanol–water partition coefficient (Wildman–Crippen LogP) is 2.92. The fourth-order valence-corrected chi connectivity index (χ4v) is 2.95. The average molecular weight is 440 g/mol. The van der Waals surface area contributed by atoms with E-state index in [9.17, 15) is 9.59 Å². The van der Waals surface area contributed by atoms with Crippen LogP contribution in [0.3, 0.4) is 0 Å². The SMILES string of the molecule is O=C(CNC(=O)c1ccc(Br)cc1)NCc1cc(Cl)c2c(c1)OCCO2. The van der Waals surface area contributed by atoms with Gasteiger partial charge < -0.3 is 20.1 Å². The van der Waals surface area contributed by atoms with E-state index < -0.39 is 0 Å². The van der Waals surface area contributed by atoms with Crippen molar-refractivity contribution < 1.29 is 19.1 Å². The minimum Gasteiger partial charge on any atom is -0.486 e. The normalized spacial score (nSPS) is 12.4. The van der Waals surface area contributed by atoms with Crippen molar-refractivity contribution in [3.8, 4) is 11.5 Å². The lowest BCUT2D eigenvalue weighted by Gasteiger charge is -2.20. The lowest BCUT2D eigenvalue weighted by atomic mass is 10.2. The Morgan fingerprint density at radius 2 is 1.81 bits per heavy atom. The molecule has 6 nitrogen and oxygen atoms in total. The number of rotatable bonds is 5. The van der Waals surface area contributed by atoms with Gasteiger partial charge in [0.2, 0.25) is 5.91 Å². The number of ether oxygens (including phenoxy) is 2. The van der Waals surface area contributed by atoms with Crippen molar-refractivity contribution in [2.75, 3.05) is 19.8 Å². The van der Waals surface area contributed by atoms with Crippen LogP contribution in [0.25, 0.3) is 0 Å². The van der Waals surface area contributed by atoms with E-state index in [4.69, 9.17) is 21.1 Å². The summed E-state index contributed by atoms with van der Waals surface area (Å²) in [5.41, 5.74) is 1.27. The molecular weight excluding hydrogens is 424 g/mol. The first-order valence-electron chi connectivity index (χ1n) is 7.91. The number of nitrogens with one attached hydrogen (secondary N) is 2. The van der Waals surface area contributed by atoms with Crippen LogP contribution in [0.2, 0.25) is 5.02 Å². The molecular formula is C18H16BrClN2O4. The number of carbonyl (C=O) groups excluding carboxylic acids is 2. The summed E-state index contributed by atoms with van der Waals surface area (Å²) in [7, 11) is 0. The van der Waals surface area contributed by atoms with Crippen molar-refractivity contribution in [2.24, 2.45) is 0 Å². The maximum atomic E-state index is 12.0. The van der Waals surface area contributed by atoms with E-state index in [1.54, 1.807) is 36.4 Å². The highest BCUT2D eigenvalue weighted by molar-refractivity contribution is 9.10. The molecule has 2 N–H and O–H groups in total. The van der Waals surface area contributed by atoms with Gasteiger partial charge in [0, 0.05) is 16.6 Å². The van der Waals surface area contributed by atoms with Crippen LogP contribution in [0.4, 0.5) is 0 Å². The van der Waals surface area contributed by atoms with Gasteiger partial charge in [0.05, 0.1) is 11.6 Å². The monoisotopic (exact) mass is 438 g/mol. The van der Waals surface area contributed by atoms with Gasteiger partial charge in [-0.3, -0.25) is 9.59 Å². The molecule has 3 rings (SSSR count). The maximum absolute atomic E-state index is 12.0. The minimum absolute atomic E-state index is 0.118. The van der Waals surface area contributed by atoms with E-state index in [0.29, 0.717) is 35.3 Å². The molecule has 0 atom stereocenters. The van der Waals surface area contributed by atoms with Crippen LogP contribution in [0.15, 0.2) is 40.9 Å². The van der Waals surface area contributed by atoms with Crippen molar-refractivity contribution in [3.63, 3.8) is 0 Å². The summed E-state index contributed by atoms with van der Waals surface area (Å²) in [5.74, 6) is 0.475. The van der Waals surface area contributed by atoms with Crippen LogP contribution in [-0.4, -0.2) is 31.6 Å². The van der Waals surface area contributed by atoms with E-state index in [1.165, 1.54) is 0 Å². The Hall–Kier alpha value is -2.25. The number of fused-ring (bicyclic) bond motifs is 1. The Labute approximate surface area is 163 Å². The molecule has 0 fully saturated rings. The first kappa shape index (κ1) is 18.5. The van der Waals surface area contributed by atoms with Crippen LogP contribution < -0.4 is 20.1 Å². The van der Waals surface area contributed by atoms with Crippen molar-refractivity contribution in [1.29, 1.82) is 0 Å². The number of halogens is 2. The van der Waals surface area contributed by atoms with E-state index in [-0.39, 0.29) is 24.9 Å². The molecule has 1 aliphatic heterocycles. The van der Waals surface area contributed by atoms with Crippen LogP contribution in [0.5, 0.6) is 11.5 Å². The maximum Gasteiger partial charge on any atom is 0.251 e. The summed E-state index contributed by atoms with van der Waals surface area (Å²) >= 11 is 9.47. The molecule has 8 heteroatoms. The summed E-state index contributed by atoms with van der Waals surface area (Å²) in [6.07, 6.45) is 0. The van der Waals surface area contributed by atoms with Crippen molar-refractivity contribution in [1.82, 2.24) is 10.6 Å². The number of benzene rings is 2. The van der Waals surface area contributed by atoms with Gasteiger partial charge in [-0.25, -0.2) is 0 Å². The molecule has 0 aromatic heterocycles. The van der Waals surface area contributed by atoms with Crippen LogP contribution in [0, 0.1) is 0 Å². The summed E-state index contributed by atoms with van der Waals surface area (Å²) in [5, 5.41) is 5.75. The highest BCUT2D eigenvalue weighted by Crippen LogP contribution is 2.38. The van der Waals surface area contributed by atoms with Crippen LogP contribution in [0.1, 0.15) is 15.9 Å². The smallest absolute Gasteiger partial charge is 0.251 e. The summed E-state index contributed by atoms with van der Waals surface area (Å²) in [6.45, 7) is 1.07. The van der Waals surface area contributed by atoms with Gasteiger partial charge in [-0.05, 0) is 42.0 Å². The number of amides is 2. The van der Waals surface area contributed by atoms with E-state index in [0.717, 1.165) is 10.0 Å². The molecule has 2 amide bonds. The molecule has 26 heavy (non-hydrogen) atoms. The Bertz CT molecular complexity index is 827. The molecule has 2 aromatic carbocycles. The topological polar surface area (TPSA) is 76.7 Å². The first-order valence-corrected chi connectivity index (χ1v) is 9.08. The Morgan fingerprint density at radius 1 is 1.08 bits per heavy atom. The second kappa shape index (κ2) is 8.42. The summed E-state index contributed by atoms with van der Waals surface area (Å²) in [6, 6.07) is 10.4. The van der Waals surface area contributed by atoms with Gasteiger partial charge in [0.1, 0.15) is 13.2 Å². The Balaban J connectivity index is 1.50. The molecule has 0 radical (unpaired) electrons. The lowest BCUT2D eigenvalue weighted by Crippen LogP contribution is -2.36. The molecule has 0 saturated heterocycles. The molecule has 1 heterocycles. The van der Waals surface area contributed by atoms with E-state index >= 15 is 0 Å². The van der Waals surface area contributed by atoms with E-state index in [2.05, 4.69) is 26.6 Å². The fraction of sp³-hybridized carbons (Fsp3) is 0.222. The second-order valence-corrected chi connectivity index (χ2v) is 6.89. The van der Waals surface area contributed by atoms with Crippen molar-refractivity contribution in [2.45, 2.75) is 6.54 Å². The van der Waals surface area contributed by atoms with Crippen LogP contribution >= 0.6 is 27.5 Å². The molecule has 2 aromatic rings. The summed E-state index contributed by atoms with van der Waals surface area (Å²) in [4.78, 5) is 23.9. The lowest BCUT2D eigenvalue weighted by molar-refractivity contribution is -0.120. The van der Waals surface area contributed by atoms with Gasteiger partial charge in [0.15, 0.2) is 11.5 Å². The third kappa shape index (κ3) is 4.68. The highest BCUT2D eigenvalue weighted by atomic mass is 79.9. The number of carbonyl (C=O) groups is 2. The third-order valence-electron chi connectivity index (χ3n) is 3.66. The van der Waals surface area contributed by atoms with Crippen LogP contribution in [-0.2, 0) is 11.3 Å². The second-order valence-electron chi connectivity index (χ2n) is 5.57. The largest absolute Gasteiger partial charge is 0.486 e. The predicted molar refractivity (Wildman–Crippen MR) is 101 cm³/mol. The van der Waals surface area contributed by atoms with Gasteiger partial charge in [-0.15, -0.1) is 0 Å².